The third kappa shape index (κ3) is 2.96. The summed E-state index contributed by atoms with van der Waals surface area (Å²) in [6.45, 7) is 2.78. The highest BCUT2D eigenvalue weighted by Gasteiger charge is 2.36. The van der Waals surface area contributed by atoms with Gasteiger partial charge >= 0.3 is 0 Å². The van der Waals surface area contributed by atoms with E-state index in [1.807, 2.05) is 17.3 Å². The van der Waals surface area contributed by atoms with Gasteiger partial charge in [-0.3, -0.25) is 4.79 Å². The summed E-state index contributed by atoms with van der Waals surface area (Å²) in [6, 6.07) is 2.27. The lowest BCUT2D eigenvalue weighted by Gasteiger charge is -2.31. The molecule has 2 aliphatic rings. The molecule has 6 nitrogen and oxygen atoms in total. The number of amides is 1. The van der Waals surface area contributed by atoms with Gasteiger partial charge in [0.1, 0.15) is 23.0 Å². The second kappa shape index (κ2) is 7.21. The third-order valence-electron chi connectivity index (χ3n) is 4.98. The number of halogens is 1. The van der Waals surface area contributed by atoms with E-state index in [1.54, 1.807) is 17.7 Å². The number of carbonyl (C=O) groups is 1. The molecule has 0 spiro atoms. The molecule has 0 aliphatic carbocycles. The molecule has 2 aromatic heterocycles. The Hall–Kier alpha value is -1.44. The molecule has 2 fully saturated rings. The van der Waals surface area contributed by atoms with Crippen LogP contribution in [0.4, 0.5) is 5.82 Å². The van der Waals surface area contributed by atoms with Crippen LogP contribution in [0.5, 0.6) is 0 Å². The maximum atomic E-state index is 13.0. The summed E-state index contributed by atoms with van der Waals surface area (Å²) in [4.78, 5) is 26.9. The topological polar surface area (TPSA) is 61.4 Å². The average Bonchev–Trinajstić information content (AvgIpc) is 3.33. The van der Waals surface area contributed by atoms with E-state index in [0.29, 0.717) is 6.04 Å². The summed E-state index contributed by atoms with van der Waals surface area (Å²) in [5.41, 5.74) is 0. The minimum absolute atomic E-state index is 0. The number of anilines is 1. The van der Waals surface area contributed by atoms with Crippen LogP contribution in [0, 0.1) is 0 Å². The van der Waals surface area contributed by atoms with Crippen LogP contribution in [0.15, 0.2) is 17.8 Å². The predicted octanol–water partition coefficient (Wildman–Crippen LogP) is 1.90. The molecule has 2 aromatic rings. The standard InChI is InChI=1S/C16H21N5OS.ClH/c1-20(11-4-6-17-9-11)16(22)13-3-2-7-21(13)14-12-5-8-23-15(12)19-10-18-14;/h5,8,10-11,13,17H,2-4,6-7,9H2,1H3;1H. The monoisotopic (exact) mass is 367 g/mol. The highest BCUT2D eigenvalue weighted by molar-refractivity contribution is 7.16. The van der Waals surface area contributed by atoms with Gasteiger partial charge in [-0.25, -0.2) is 9.97 Å². The zero-order valence-electron chi connectivity index (χ0n) is 13.6. The quantitative estimate of drug-likeness (QED) is 0.897. The Labute approximate surface area is 151 Å². The summed E-state index contributed by atoms with van der Waals surface area (Å²) in [6.07, 6.45) is 4.58. The SMILES string of the molecule is CN(C(=O)C1CCCN1c1ncnc2sccc12)C1CCNC1.Cl. The molecule has 1 amide bonds. The molecule has 130 valence electrons. The van der Waals surface area contributed by atoms with Gasteiger partial charge < -0.3 is 15.1 Å². The van der Waals surface area contributed by atoms with E-state index < -0.39 is 0 Å². The lowest BCUT2D eigenvalue weighted by atomic mass is 10.1. The van der Waals surface area contributed by atoms with Crippen LogP contribution in [0.3, 0.4) is 0 Å². The van der Waals surface area contributed by atoms with Crippen LogP contribution in [-0.4, -0.2) is 59.5 Å². The molecule has 0 bridgehead atoms. The van der Waals surface area contributed by atoms with Crippen molar-refractivity contribution in [3.05, 3.63) is 17.8 Å². The summed E-state index contributed by atoms with van der Waals surface area (Å²) in [5, 5.41) is 6.43. The number of nitrogens with one attached hydrogen (secondary N) is 1. The van der Waals surface area contributed by atoms with Gasteiger partial charge in [-0.05, 0) is 37.3 Å². The average molecular weight is 368 g/mol. The zero-order valence-corrected chi connectivity index (χ0v) is 15.3. The van der Waals surface area contributed by atoms with Gasteiger partial charge in [-0.1, -0.05) is 0 Å². The van der Waals surface area contributed by atoms with Crippen molar-refractivity contribution in [2.24, 2.45) is 0 Å². The molecule has 2 aliphatic heterocycles. The van der Waals surface area contributed by atoms with Crippen molar-refractivity contribution in [1.82, 2.24) is 20.2 Å². The maximum Gasteiger partial charge on any atom is 0.245 e. The molecule has 4 heterocycles. The highest BCUT2D eigenvalue weighted by Crippen LogP contribution is 2.32. The van der Waals surface area contributed by atoms with Gasteiger partial charge in [0.25, 0.3) is 0 Å². The summed E-state index contributed by atoms with van der Waals surface area (Å²) < 4.78 is 0. The van der Waals surface area contributed by atoms with Crippen molar-refractivity contribution in [2.75, 3.05) is 31.6 Å². The van der Waals surface area contributed by atoms with Crippen molar-refractivity contribution in [1.29, 1.82) is 0 Å². The highest BCUT2D eigenvalue weighted by atomic mass is 35.5. The molecule has 0 aromatic carbocycles. The Balaban J connectivity index is 0.00000169. The second-order valence-corrected chi connectivity index (χ2v) is 7.18. The smallest absolute Gasteiger partial charge is 0.245 e. The van der Waals surface area contributed by atoms with E-state index >= 15 is 0 Å². The summed E-state index contributed by atoms with van der Waals surface area (Å²) in [7, 11) is 1.94. The molecule has 1 N–H and O–H groups in total. The molecule has 24 heavy (non-hydrogen) atoms. The van der Waals surface area contributed by atoms with Crippen molar-refractivity contribution >= 4 is 45.7 Å². The van der Waals surface area contributed by atoms with Gasteiger partial charge in [-0.2, -0.15) is 0 Å². The molecular formula is C16H22ClN5OS. The normalized spacial score (nSPS) is 23.5. The van der Waals surface area contributed by atoms with Gasteiger partial charge in [-0.15, -0.1) is 23.7 Å². The lowest BCUT2D eigenvalue weighted by molar-refractivity contribution is -0.132. The molecule has 8 heteroatoms. The van der Waals surface area contributed by atoms with Crippen LogP contribution in [0.2, 0.25) is 0 Å². The number of aromatic nitrogens is 2. The van der Waals surface area contributed by atoms with E-state index in [-0.39, 0.29) is 24.4 Å². The number of hydrogen-bond donors (Lipinski definition) is 1. The first-order valence-electron chi connectivity index (χ1n) is 8.18. The van der Waals surface area contributed by atoms with E-state index in [1.165, 1.54) is 0 Å². The van der Waals surface area contributed by atoms with E-state index in [2.05, 4.69) is 26.3 Å². The fraction of sp³-hybridized carbons (Fsp3) is 0.562. The van der Waals surface area contributed by atoms with Crippen LogP contribution in [-0.2, 0) is 4.79 Å². The maximum absolute atomic E-state index is 13.0. The molecule has 2 unspecified atom stereocenters. The summed E-state index contributed by atoms with van der Waals surface area (Å²) in [5.74, 6) is 1.13. The number of rotatable bonds is 3. The van der Waals surface area contributed by atoms with Gasteiger partial charge in [0.15, 0.2) is 0 Å². The lowest BCUT2D eigenvalue weighted by Crippen LogP contribution is -2.48. The Bertz CT molecular complexity index is 717. The number of thiophene rings is 1. The van der Waals surface area contributed by atoms with Crippen molar-refractivity contribution in [3.63, 3.8) is 0 Å². The minimum atomic E-state index is -0.0985. The van der Waals surface area contributed by atoms with Crippen molar-refractivity contribution in [2.45, 2.75) is 31.3 Å². The van der Waals surface area contributed by atoms with E-state index in [4.69, 9.17) is 0 Å². The van der Waals surface area contributed by atoms with Crippen molar-refractivity contribution in [3.8, 4) is 0 Å². The Kier molecular flexibility index (Phi) is 5.22. The van der Waals surface area contributed by atoms with E-state index in [0.717, 1.165) is 54.9 Å². The van der Waals surface area contributed by atoms with Gasteiger partial charge in [0.05, 0.1) is 5.39 Å². The molecule has 2 atom stereocenters. The Morgan fingerprint density at radius 3 is 3.08 bits per heavy atom. The van der Waals surface area contributed by atoms with Crippen LogP contribution in [0.1, 0.15) is 19.3 Å². The molecule has 2 saturated heterocycles. The van der Waals surface area contributed by atoms with Crippen LogP contribution >= 0.6 is 23.7 Å². The molecule has 0 radical (unpaired) electrons. The third-order valence-corrected chi connectivity index (χ3v) is 5.80. The first-order chi connectivity index (χ1) is 11.3. The Morgan fingerprint density at radius 1 is 1.42 bits per heavy atom. The van der Waals surface area contributed by atoms with Crippen molar-refractivity contribution < 1.29 is 4.79 Å². The fourth-order valence-corrected chi connectivity index (χ4v) is 4.40. The second-order valence-electron chi connectivity index (χ2n) is 6.28. The summed E-state index contributed by atoms with van der Waals surface area (Å²) >= 11 is 1.62. The first kappa shape index (κ1) is 17.4. The molecule has 0 saturated carbocycles. The van der Waals surface area contributed by atoms with Crippen LogP contribution in [0.25, 0.3) is 10.2 Å². The number of hydrogen-bond acceptors (Lipinski definition) is 6. The van der Waals surface area contributed by atoms with Gasteiger partial charge in [0.2, 0.25) is 5.91 Å². The first-order valence-corrected chi connectivity index (χ1v) is 9.06. The number of carbonyl (C=O) groups excluding carboxylic acids is 1. The number of nitrogens with zero attached hydrogens (tertiary/aromatic N) is 4. The molecular weight excluding hydrogens is 346 g/mol. The Morgan fingerprint density at radius 2 is 2.29 bits per heavy atom. The number of fused-ring (bicyclic) bond motifs is 1. The predicted molar refractivity (Wildman–Crippen MR) is 99.1 cm³/mol. The largest absolute Gasteiger partial charge is 0.344 e. The molecule has 4 rings (SSSR count). The fourth-order valence-electron chi connectivity index (χ4n) is 3.67. The number of likely N-dealkylation sites (N-methyl/N-ethyl adjacent to an activating group) is 1. The minimum Gasteiger partial charge on any atom is -0.344 e. The van der Waals surface area contributed by atoms with Crippen LogP contribution < -0.4 is 10.2 Å². The zero-order chi connectivity index (χ0) is 15.8. The van der Waals surface area contributed by atoms with E-state index in [9.17, 15) is 4.79 Å². The van der Waals surface area contributed by atoms with Gasteiger partial charge in [0, 0.05) is 26.2 Å².